The van der Waals surface area contributed by atoms with E-state index in [4.69, 9.17) is 9.47 Å². The Balaban J connectivity index is 3.17. The lowest BCUT2D eigenvalue weighted by Crippen LogP contribution is -2.20. The number of hydrogen-bond acceptors (Lipinski definition) is 4. The summed E-state index contributed by atoms with van der Waals surface area (Å²) in [5.41, 5.74) is 0.372. The number of methoxy groups -OCH3 is 2. The van der Waals surface area contributed by atoms with Crippen molar-refractivity contribution in [3.05, 3.63) is 23.2 Å². The van der Waals surface area contributed by atoms with Crippen LogP contribution in [0.15, 0.2) is 23.2 Å². The molecule has 1 rings (SSSR count). The standard InChI is InChI=1S/C10H12O4/c1-4-6-9(12)8(13-2)5-7(11)10(6)14-3/h5H,4H2,1-3H3. The van der Waals surface area contributed by atoms with E-state index in [1.807, 2.05) is 0 Å². The van der Waals surface area contributed by atoms with E-state index in [2.05, 4.69) is 0 Å². The Labute approximate surface area is 82.2 Å². The summed E-state index contributed by atoms with van der Waals surface area (Å²) in [7, 11) is 2.74. The van der Waals surface area contributed by atoms with Crippen LogP contribution in [0.3, 0.4) is 0 Å². The van der Waals surface area contributed by atoms with Crippen molar-refractivity contribution in [2.24, 2.45) is 0 Å². The minimum absolute atomic E-state index is 0.0765. The van der Waals surface area contributed by atoms with Gasteiger partial charge in [-0.05, 0) is 6.42 Å². The average Bonchev–Trinajstić information content (AvgIpc) is 2.20. The summed E-state index contributed by atoms with van der Waals surface area (Å²) >= 11 is 0. The fourth-order valence-corrected chi connectivity index (χ4v) is 1.35. The monoisotopic (exact) mass is 196 g/mol. The molecule has 0 amide bonds. The highest BCUT2D eigenvalue weighted by Gasteiger charge is 2.28. The molecule has 0 unspecified atom stereocenters. The van der Waals surface area contributed by atoms with Gasteiger partial charge in [-0.3, -0.25) is 9.59 Å². The molecule has 0 aromatic carbocycles. The first-order valence-corrected chi connectivity index (χ1v) is 4.27. The predicted molar refractivity (Wildman–Crippen MR) is 49.4 cm³/mol. The molecule has 0 bridgehead atoms. The van der Waals surface area contributed by atoms with Crippen molar-refractivity contribution in [3.63, 3.8) is 0 Å². The quantitative estimate of drug-likeness (QED) is 0.631. The minimum atomic E-state index is -0.319. The predicted octanol–water partition coefficient (Wildman–Crippen LogP) is 0.979. The lowest BCUT2D eigenvalue weighted by atomic mass is 9.98. The molecule has 4 nitrogen and oxygen atoms in total. The van der Waals surface area contributed by atoms with Crippen LogP contribution in [0.1, 0.15) is 13.3 Å². The Morgan fingerprint density at radius 1 is 1.21 bits per heavy atom. The molecule has 76 valence electrons. The summed E-state index contributed by atoms with van der Waals surface area (Å²) in [5, 5.41) is 0. The van der Waals surface area contributed by atoms with Crippen LogP contribution in [0.4, 0.5) is 0 Å². The molecule has 0 aromatic heterocycles. The fourth-order valence-electron chi connectivity index (χ4n) is 1.35. The van der Waals surface area contributed by atoms with E-state index < -0.39 is 0 Å². The van der Waals surface area contributed by atoms with Gasteiger partial charge in [-0.15, -0.1) is 0 Å². The van der Waals surface area contributed by atoms with E-state index in [1.165, 1.54) is 14.2 Å². The smallest absolute Gasteiger partial charge is 0.227 e. The first-order chi connectivity index (χ1) is 6.65. The molecular formula is C10H12O4. The molecule has 0 atom stereocenters. The van der Waals surface area contributed by atoms with Gasteiger partial charge in [0, 0.05) is 11.6 Å². The van der Waals surface area contributed by atoms with Gasteiger partial charge in [-0.1, -0.05) is 6.92 Å². The lowest BCUT2D eigenvalue weighted by molar-refractivity contribution is -0.120. The molecule has 0 saturated heterocycles. The van der Waals surface area contributed by atoms with Crippen molar-refractivity contribution in [3.8, 4) is 0 Å². The van der Waals surface area contributed by atoms with Crippen LogP contribution < -0.4 is 0 Å². The number of carbonyl (C=O) groups excluding carboxylic acids is 2. The van der Waals surface area contributed by atoms with Crippen LogP contribution in [-0.2, 0) is 19.1 Å². The Hall–Kier alpha value is -1.58. The molecule has 0 aliphatic heterocycles. The van der Waals surface area contributed by atoms with Crippen molar-refractivity contribution in [1.82, 2.24) is 0 Å². The summed E-state index contributed by atoms with van der Waals surface area (Å²) in [5.74, 6) is -0.391. The zero-order chi connectivity index (χ0) is 10.7. The minimum Gasteiger partial charge on any atom is -0.493 e. The molecule has 0 radical (unpaired) electrons. The second-order valence-corrected chi connectivity index (χ2v) is 2.77. The molecule has 1 aliphatic rings. The molecular weight excluding hydrogens is 184 g/mol. The number of hydrogen-bond donors (Lipinski definition) is 0. The van der Waals surface area contributed by atoms with Gasteiger partial charge < -0.3 is 9.47 Å². The van der Waals surface area contributed by atoms with Crippen molar-refractivity contribution in [2.75, 3.05) is 14.2 Å². The third-order valence-electron chi connectivity index (χ3n) is 2.04. The van der Waals surface area contributed by atoms with Gasteiger partial charge in [0.15, 0.2) is 11.5 Å². The molecule has 0 N–H and O–H groups in total. The van der Waals surface area contributed by atoms with Crippen molar-refractivity contribution < 1.29 is 19.1 Å². The van der Waals surface area contributed by atoms with Gasteiger partial charge in [-0.25, -0.2) is 0 Å². The second-order valence-electron chi connectivity index (χ2n) is 2.77. The van der Waals surface area contributed by atoms with Gasteiger partial charge in [0.25, 0.3) is 0 Å². The van der Waals surface area contributed by atoms with Crippen molar-refractivity contribution in [2.45, 2.75) is 13.3 Å². The summed E-state index contributed by atoms with van der Waals surface area (Å²) in [6.45, 7) is 1.79. The first kappa shape index (κ1) is 10.5. The number of ketones is 2. The number of ether oxygens (including phenoxy) is 2. The number of rotatable bonds is 3. The maximum absolute atomic E-state index is 11.6. The van der Waals surface area contributed by atoms with Crippen LogP contribution in [0.5, 0.6) is 0 Å². The van der Waals surface area contributed by atoms with Crippen LogP contribution in [-0.4, -0.2) is 25.8 Å². The van der Waals surface area contributed by atoms with Crippen molar-refractivity contribution >= 4 is 11.6 Å². The Bertz CT molecular complexity index is 336. The third kappa shape index (κ3) is 1.55. The summed E-state index contributed by atoms with van der Waals surface area (Å²) in [4.78, 5) is 23.0. The van der Waals surface area contributed by atoms with E-state index in [1.54, 1.807) is 6.92 Å². The largest absolute Gasteiger partial charge is 0.493 e. The normalized spacial score (nSPS) is 16.9. The Morgan fingerprint density at radius 3 is 2.29 bits per heavy atom. The third-order valence-corrected chi connectivity index (χ3v) is 2.04. The lowest BCUT2D eigenvalue weighted by Gasteiger charge is -2.15. The molecule has 0 saturated carbocycles. The van der Waals surface area contributed by atoms with Gasteiger partial charge >= 0.3 is 0 Å². The maximum atomic E-state index is 11.6. The van der Waals surface area contributed by atoms with E-state index in [0.29, 0.717) is 12.0 Å². The number of carbonyl (C=O) groups is 2. The van der Waals surface area contributed by atoms with E-state index >= 15 is 0 Å². The second kappa shape index (κ2) is 4.09. The van der Waals surface area contributed by atoms with Gasteiger partial charge in [0.05, 0.1) is 14.2 Å². The highest BCUT2D eigenvalue weighted by atomic mass is 16.5. The van der Waals surface area contributed by atoms with Crippen LogP contribution in [0, 0.1) is 0 Å². The maximum Gasteiger partial charge on any atom is 0.227 e. The molecule has 0 heterocycles. The van der Waals surface area contributed by atoms with Crippen LogP contribution >= 0.6 is 0 Å². The zero-order valence-corrected chi connectivity index (χ0v) is 8.42. The van der Waals surface area contributed by atoms with Crippen LogP contribution in [0.2, 0.25) is 0 Å². The Kier molecular flexibility index (Phi) is 3.06. The molecule has 0 spiro atoms. The molecule has 0 aromatic rings. The van der Waals surface area contributed by atoms with Gasteiger partial charge in [-0.2, -0.15) is 0 Å². The van der Waals surface area contributed by atoms with Crippen molar-refractivity contribution in [1.29, 1.82) is 0 Å². The zero-order valence-electron chi connectivity index (χ0n) is 8.42. The average molecular weight is 196 g/mol. The van der Waals surface area contributed by atoms with Gasteiger partial charge in [0.1, 0.15) is 0 Å². The highest BCUT2D eigenvalue weighted by Crippen LogP contribution is 2.22. The Morgan fingerprint density at radius 2 is 1.86 bits per heavy atom. The van der Waals surface area contributed by atoms with E-state index in [0.717, 1.165) is 6.08 Å². The van der Waals surface area contributed by atoms with E-state index in [9.17, 15) is 9.59 Å². The summed E-state index contributed by atoms with van der Waals surface area (Å²) in [6, 6.07) is 0. The summed E-state index contributed by atoms with van der Waals surface area (Å²) in [6.07, 6.45) is 1.61. The SMILES string of the molecule is CCC1=C(OC)C(=O)C=C(OC)C1=O. The topological polar surface area (TPSA) is 52.6 Å². The summed E-state index contributed by atoms with van der Waals surface area (Å²) < 4.78 is 9.68. The van der Waals surface area contributed by atoms with Crippen LogP contribution in [0.25, 0.3) is 0 Å². The molecule has 0 fully saturated rings. The first-order valence-electron chi connectivity index (χ1n) is 4.27. The molecule has 4 heteroatoms. The molecule has 14 heavy (non-hydrogen) atoms. The van der Waals surface area contributed by atoms with E-state index in [-0.39, 0.29) is 23.1 Å². The number of allylic oxidation sites excluding steroid dienone is 2. The number of Topliss-reactive ketones (excluding diaryl/α,β-unsaturated/α-hetero) is 1. The fraction of sp³-hybridized carbons (Fsp3) is 0.400. The van der Waals surface area contributed by atoms with Gasteiger partial charge in [0.2, 0.25) is 11.6 Å². The molecule has 1 aliphatic carbocycles. The highest BCUT2D eigenvalue weighted by molar-refractivity contribution is 6.20.